The van der Waals surface area contributed by atoms with Gasteiger partial charge in [0.15, 0.2) is 17.3 Å². The molecule has 0 aliphatic heterocycles. The van der Waals surface area contributed by atoms with E-state index in [-0.39, 0.29) is 0 Å². The smallest absolute Gasteiger partial charge is 0.182 e. The predicted molar refractivity (Wildman–Crippen MR) is 59.9 cm³/mol. The quantitative estimate of drug-likeness (QED) is 0.801. The lowest BCUT2D eigenvalue weighted by Crippen LogP contribution is -2.09. The molecule has 1 N–H and O–H groups in total. The van der Waals surface area contributed by atoms with Crippen molar-refractivity contribution in [2.75, 3.05) is 11.9 Å². The molecule has 0 spiro atoms. The average molecular weight is 229 g/mol. The first-order valence-electron chi connectivity index (χ1n) is 5.09. The minimum absolute atomic E-state index is 0.293. The Morgan fingerprint density at radius 2 is 2.18 bits per heavy atom. The Morgan fingerprint density at radius 1 is 1.35 bits per heavy atom. The number of nitriles is 1. The van der Waals surface area contributed by atoms with Gasteiger partial charge in [-0.15, -0.1) is 0 Å². The second-order valence-electron chi connectivity index (χ2n) is 3.38. The van der Waals surface area contributed by atoms with Crippen LogP contribution in [0.1, 0.15) is 11.5 Å². The number of rotatable bonds is 4. The summed E-state index contributed by atoms with van der Waals surface area (Å²) in [6, 6.07) is 1.98. The molecule has 0 atom stereocenters. The van der Waals surface area contributed by atoms with Gasteiger partial charge in [-0.25, -0.2) is 15.0 Å². The summed E-state index contributed by atoms with van der Waals surface area (Å²) in [5, 5.41) is 16.0. The van der Waals surface area contributed by atoms with E-state index in [9.17, 15) is 0 Å². The highest BCUT2D eigenvalue weighted by atomic mass is 15.3. The second kappa shape index (κ2) is 5.03. The summed E-state index contributed by atoms with van der Waals surface area (Å²) in [7, 11) is 1.82. The van der Waals surface area contributed by atoms with Crippen LogP contribution in [0.15, 0.2) is 18.7 Å². The molecule has 0 aromatic carbocycles. The highest BCUT2D eigenvalue weighted by molar-refractivity contribution is 5.46. The molecule has 2 aromatic heterocycles. The molecule has 0 amide bonds. The monoisotopic (exact) mass is 229 g/mol. The molecule has 2 aromatic rings. The molecule has 7 heteroatoms. The van der Waals surface area contributed by atoms with E-state index >= 15 is 0 Å². The van der Waals surface area contributed by atoms with Gasteiger partial charge in [0.2, 0.25) is 0 Å². The van der Waals surface area contributed by atoms with Crippen LogP contribution in [-0.2, 0) is 13.5 Å². The minimum atomic E-state index is 0.293. The maximum atomic E-state index is 8.82. The lowest BCUT2D eigenvalue weighted by molar-refractivity contribution is 0.741. The van der Waals surface area contributed by atoms with E-state index in [4.69, 9.17) is 5.26 Å². The minimum Gasteiger partial charge on any atom is -0.367 e. The van der Waals surface area contributed by atoms with Crippen molar-refractivity contribution < 1.29 is 0 Å². The molecule has 0 aliphatic rings. The van der Waals surface area contributed by atoms with Gasteiger partial charge in [-0.1, -0.05) is 0 Å². The highest BCUT2D eigenvalue weighted by Gasteiger charge is 2.04. The van der Waals surface area contributed by atoms with Crippen molar-refractivity contribution in [3.8, 4) is 6.07 Å². The van der Waals surface area contributed by atoms with Crippen LogP contribution in [0.5, 0.6) is 0 Å². The van der Waals surface area contributed by atoms with Crippen LogP contribution < -0.4 is 5.32 Å². The molecule has 0 unspecified atom stereocenters. The maximum absolute atomic E-state index is 8.82. The zero-order valence-electron chi connectivity index (χ0n) is 9.33. The first kappa shape index (κ1) is 11.0. The Hall–Kier alpha value is -2.49. The molecule has 86 valence electrons. The maximum Gasteiger partial charge on any atom is 0.182 e. The van der Waals surface area contributed by atoms with E-state index in [2.05, 4.69) is 25.4 Å². The SMILES string of the molecule is Cn1cnc(CCNc2nccnc2C#N)n1. The van der Waals surface area contributed by atoms with Crippen molar-refractivity contribution in [1.29, 1.82) is 5.26 Å². The van der Waals surface area contributed by atoms with Crippen molar-refractivity contribution in [2.24, 2.45) is 7.05 Å². The number of nitrogens with zero attached hydrogens (tertiary/aromatic N) is 6. The third-order valence-corrected chi connectivity index (χ3v) is 2.09. The standard InChI is InChI=1S/C10H11N7/c1-17-7-15-9(16-17)2-3-13-10-8(6-11)12-4-5-14-10/h4-5,7H,2-3H2,1H3,(H,13,14). The van der Waals surface area contributed by atoms with E-state index < -0.39 is 0 Å². The predicted octanol–water partition coefficient (Wildman–Crippen LogP) is 0.131. The van der Waals surface area contributed by atoms with Crippen LogP contribution in [0.3, 0.4) is 0 Å². The summed E-state index contributed by atoms with van der Waals surface area (Å²) < 4.78 is 1.65. The molecule has 0 aliphatic carbocycles. The van der Waals surface area contributed by atoms with Crippen molar-refractivity contribution >= 4 is 5.82 Å². The number of hydrogen-bond acceptors (Lipinski definition) is 6. The molecule has 0 saturated heterocycles. The van der Waals surface area contributed by atoms with Gasteiger partial charge in [0.25, 0.3) is 0 Å². The van der Waals surface area contributed by atoms with Crippen molar-refractivity contribution in [3.05, 3.63) is 30.2 Å². The van der Waals surface area contributed by atoms with Crippen LogP contribution in [0, 0.1) is 11.3 Å². The van der Waals surface area contributed by atoms with Crippen molar-refractivity contribution in [2.45, 2.75) is 6.42 Å². The summed E-state index contributed by atoms with van der Waals surface area (Å²) in [4.78, 5) is 12.0. The first-order valence-corrected chi connectivity index (χ1v) is 5.09. The number of nitrogens with one attached hydrogen (secondary N) is 1. The molecule has 7 nitrogen and oxygen atoms in total. The van der Waals surface area contributed by atoms with E-state index in [0.717, 1.165) is 5.82 Å². The Labute approximate surface area is 98.2 Å². The van der Waals surface area contributed by atoms with Gasteiger partial charge in [0.05, 0.1) is 0 Å². The summed E-state index contributed by atoms with van der Waals surface area (Å²) >= 11 is 0. The lowest BCUT2D eigenvalue weighted by Gasteiger charge is -2.03. The van der Waals surface area contributed by atoms with Gasteiger partial charge in [0, 0.05) is 32.4 Å². The normalized spacial score (nSPS) is 9.88. The molecule has 0 saturated carbocycles. The summed E-state index contributed by atoms with van der Waals surface area (Å²) in [6.07, 6.45) is 5.35. The van der Waals surface area contributed by atoms with Gasteiger partial charge in [0.1, 0.15) is 12.4 Å². The van der Waals surface area contributed by atoms with E-state index in [1.807, 2.05) is 13.1 Å². The second-order valence-corrected chi connectivity index (χ2v) is 3.38. The molecule has 2 heterocycles. The van der Waals surface area contributed by atoms with Gasteiger partial charge in [-0.05, 0) is 0 Å². The third-order valence-electron chi connectivity index (χ3n) is 2.09. The molecular weight excluding hydrogens is 218 g/mol. The third kappa shape index (κ3) is 2.75. The number of anilines is 1. The van der Waals surface area contributed by atoms with Crippen molar-refractivity contribution in [3.63, 3.8) is 0 Å². The van der Waals surface area contributed by atoms with Gasteiger partial charge < -0.3 is 5.32 Å². The highest BCUT2D eigenvalue weighted by Crippen LogP contribution is 2.05. The van der Waals surface area contributed by atoms with Crippen LogP contribution in [0.2, 0.25) is 0 Å². The number of hydrogen-bond donors (Lipinski definition) is 1. The van der Waals surface area contributed by atoms with E-state index in [1.54, 1.807) is 17.2 Å². The van der Waals surface area contributed by atoms with Gasteiger partial charge in [-0.3, -0.25) is 4.68 Å². The van der Waals surface area contributed by atoms with Crippen molar-refractivity contribution in [1.82, 2.24) is 24.7 Å². The Bertz CT molecular complexity index is 540. The lowest BCUT2D eigenvalue weighted by atomic mass is 10.4. The Balaban J connectivity index is 1.92. The van der Waals surface area contributed by atoms with Gasteiger partial charge >= 0.3 is 0 Å². The number of aromatic nitrogens is 5. The molecule has 2 rings (SSSR count). The zero-order chi connectivity index (χ0) is 12.1. The molecular formula is C10H11N7. The molecule has 0 bridgehead atoms. The molecule has 0 fully saturated rings. The van der Waals surface area contributed by atoms with E-state index in [0.29, 0.717) is 24.5 Å². The molecule has 17 heavy (non-hydrogen) atoms. The summed E-state index contributed by atoms with van der Waals surface area (Å²) in [6.45, 7) is 0.609. The fourth-order valence-corrected chi connectivity index (χ4v) is 1.34. The number of aryl methyl sites for hydroxylation is 1. The fraction of sp³-hybridized carbons (Fsp3) is 0.300. The Morgan fingerprint density at radius 3 is 2.88 bits per heavy atom. The van der Waals surface area contributed by atoms with E-state index in [1.165, 1.54) is 6.20 Å². The average Bonchev–Trinajstić information content (AvgIpc) is 2.76. The summed E-state index contributed by atoms with van der Waals surface area (Å²) in [5.74, 6) is 1.24. The molecule has 0 radical (unpaired) electrons. The zero-order valence-corrected chi connectivity index (χ0v) is 9.33. The summed E-state index contributed by atoms with van der Waals surface area (Å²) in [5.41, 5.74) is 0.293. The fourth-order valence-electron chi connectivity index (χ4n) is 1.34. The van der Waals surface area contributed by atoms with Crippen LogP contribution in [0.4, 0.5) is 5.82 Å². The van der Waals surface area contributed by atoms with Crippen LogP contribution in [0.25, 0.3) is 0 Å². The Kier molecular flexibility index (Phi) is 3.25. The van der Waals surface area contributed by atoms with Crippen LogP contribution >= 0.6 is 0 Å². The van der Waals surface area contributed by atoms with Crippen LogP contribution in [-0.4, -0.2) is 31.3 Å². The van der Waals surface area contributed by atoms with Gasteiger partial charge in [-0.2, -0.15) is 10.4 Å². The first-order chi connectivity index (χ1) is 8.29. The topological polar surface area (TPSA) is 92.3 Å². The largest absolute Gasteiger partial charge is 0.367 e.